The third-order valence-corrected chi connectivity index (χ3v) is 5.91. The number of ether oxygens (including phenoxy) is 1. The second kappa shape index (κ2) is 8.11. The smallest absolute Gasteiger partial charge is 0.331 e. The van der Waals surface area contributed by atoms with Gasteiger partial charge in [-0.05, 0) is 47.1 Å². The summed E-state index contributed by atoms with van der Waals surface area (Å²) in [7, 11) is -3.69. The molecule has 1 aliphatic rings. The van der Waals surface area contributed by atoms with Gasteiger partial charge in [-0.2, -0.15) is 0 Å². The lowest BCUT2D eigenvalue weighted by atomic mass is 10.2. The van der Waals surface area contributed by atoms with Crippen LogP contribution in [0.5, 0.6) is 0 Å². The minimum Gasteiger partial charge on any atom is -0.454 e. The van der Waals surface area contributed by atoms with Crippen LogP contribution in [0.4, 0.5) is 5.69 Å². The summed E-state index contributed by atoms with van der Waals surface area (Å²) in [5, 5.41) is 2.61. The lowest BCUT2D eigenvalue weighted by molar-refractivity contribution is -0.148. The average Bonchev–Trinajstić information content (AvgIpc) is 2.92. The lowest BCUT2D eigenvalue weighted by Crippen LogP contribution is -2.28. The molecule has 1 aliphatic heterocycles. The van der Waals surface area contributed by atoms with Crippen molar-refractivity contribution in [3.8, 4) is 0 Å². The number of anilines is 1. The highest BCUT2D eigenvalue weighted by Crippen LogP contribution is 2.23. The highest BCUT2D eigenvalue weighted by atomic mass is 79.9. The Labute approximate surface area is 170 Å². The standard InChI is InChI=1S/C18H16BrN3O5S/c1-11(20-17-12-6-2-5-9-15(12)28(25,26)22-17)18(24)27-10-16(23)21-14-8-4-3-7-13(14)19/h2-9,11H,10H2,1H3,(H,20,22)(H,21,23)/t11-/m1/s1. The molecule has 10 heteroatoms. The van der Waals surface area contributed by atoms with Crippen molar-refractivity contribution >= 4 is 49.4 Å². The number of benzene rings is 2. The SMILES string of the molecule is C[C@@H](N=C1NS(=O)(=O)c2ccccc21)C(=O)OCC(=O)Nc1ccccc1Br. The number of amides is 1. The van der Waals surface area contributed by atoms with Gasteiger partial charge in [0.2, 0.25) is 0 Å². The molecule has 2 aromatic carbocycles. The van der Waals surface area contributed by atoms with E-state index in [1.807, 2.05) is 0 Å². The number of hydrogen-bond acceptors (Lipinski definition) is 6. The van der Waals surface area contributed by atoms with Crippen LogP contribution in [0, 0.1) is 0 Å². The van der Waals surface area contributed by atoms with Crippen LogP contribution < -0.4 is 10.0 Å². The molecule has 0 spiro atoms. The number of hydrogen-bond donors (Lipinski definition) is 2. The minimum atomic E-state index is -3.69. The topological polar surface area (TPSA) is 114 Å². The van der Waals surface area contributed by atoms with Crippen LogP contribution in [0.2, 0.25) is 0 Å². The van der Waals surface area contributed by atoms with Gasteiger partial charge in [-0.1, -0.05) is 24.3 Å². The Morgan fingerprint density at radius 1 is 1.18 bits per heavy atom. The van der Waals surface area contributed by atoms with Crippen LogP contribution in [0.3, 0.4) is 0 Å². The fraction of sp³-hybridized carbons (Fsp3) is 0.167. The molecule has 146 valence electrons. The molecular weight excluding hydrogens is 450 g/mol. The number of halogens is 1. The second-order valence-corrected chi connectivity index (χ2v) is 8.40. The Balaban J connectivity index is 1.62. The van der Waals surface area contributed by atoms with Crippen LogP contribution in [0.15, 0.2) is 62.9 Å². The van der Waals surface area contributed by atoms with Gasteiger partial charge in [0, 0.05) is 10.0 Å². The maximum absolute atomic E-state index is 12.1. The molecule has 1 amide bonds. The molecule has 1 heterocycles. The van der Waals surface area contributed by atoms with E-state index in [0.29, 0.717) is 15.7 Å². The van der Waals surface area contributed by atoms with E-state index in [1.54, 1.807) is 42.5 Å². The Morgan fingerprint density at radius 3 is 2.61 bits per heavy atom. The first-order chi connectivity index (χ1) is 13.3. The van der Waals surface area contributed by atoms with E-state index in [2.05, 4.69) is 31.0 Å². The summed E-state index contributed by atoms with van der Waals surface area (Å²) in [5.41, 5.74) is 0.933. The van der Waals surface area contributed by atoms with E-state index in [1.165, 1.54) is 13.0 Å². The van der Waals surface area contributed by atoms with Gasteiger partial charge in [0.15, 0.2) is 6.61 Å². The molecule has 0 aromatic heterocycles. The van der Waals surface area contributed by atoms with Gasteiger partial charge in [0.25, 0.3) is 15.9 Å². The van der Waals surface area contributed by atoms with Crippen LogP contribution >= 0.6 is 15.9 Å². The number of aliphatic imine (C=N–C) groups is 1. The van der Waals surface area contributed by atoms with Gasteiger partial charge in [0.05, 0.1) is 10.6 Å². The Morgan fingerprint density at radius 2 is 1.86 bits per heavy atom. The molecule has 0 unspecified atom stereocenters. The van der Waals surface area contributed by atoms with Crippen molar-refractivity contribution in [3.05, 3.63) is 58.6 Å². The molecule has 0 fully saturated rings. The predicted octanol–water partition coefficient (Wildman–Crippen LogP) is 2.06. The molecule has 0 saturated heterocycles. The van der Waals surface area contributed by atoms with Crippen LogP contribution in [0.25, 0.3) is 0 Å². The zero-order valence-corrected chi connectivity index (χ0v) is 17.1. The first kappa shape index (κ1) is 20.0. The summed E-state index contributed by atoms with van der Waals surface area (Å²) in [6, 6.07) is 12.3. The molecule has 0 aliphatic carbocycles. The summed E-state index contributed by atoms with van der Waals surface area (Å²) in [6.07, 6.45) is 0. The summed E-state index contributed by atoms with van der Waals surface area (Å²) in [5.74, 6) is -1.19. The largest absolute Gasteiger partial charge is 0.454 e. The number of rotatable bonds is 5. The van der Waals surface area contributed by atoms with Gasteiger partial charge >= 0.3 is 5.97 Å². The third-order valence-electron chi connectivity index (χ3n) is 3.82. The number of amidine groups is 1. The lowest BCUT2D eigenvalue weighted by Gasteiger charge is -2.10. The van der Waals surface area contributed by atoms with Gasteiger partial charge in [-0.25, -0.2) is 13.2 Å². The Bertz CT molecular complexity index is 1070. The minimum absolute atomic E-state index is 0.0673. The molecule has 0 saturated carbocycles. The van der Waals surface area contributed by atoms with Crippen molar-refractivity contribution in [2.75, 3.05) is 11.9 Å². The van der Waals surface area contributed by atoms with E-state index in [0.717, 1.165) is 0 Å². The predicted molar refractivity (Wildman–Crippen MR) is 106 cm³/mol. The first-order valence-electron chi connectivity index (χ1n) is 8.19. The third kappa shape index (κ3) is 4.39. The maximum atomic E-state index is 12.1. The van der Waals surface area contributed by atoms with Crippen molar-refractivity contribution in [1.82, 2.24) is 4.72 Å². The van der Waals surface area contributed by atoms with Gasteiger partial charge < -0.3 is 10.1 Å². The Hall–Kier alpha value is -2.72. The Kier molecular flexibility index (Phi) is 5.80. The van der Waals surface area contributed by atoms with Crippen molar-refractivity contribution < 1.29 is 22.7 Å². The molecular formula is C18H16BrN3O5S. The van der Waals surface area contributed by atoms with Crippen LogP contribution in [0.1, 0.15) is 12.5 Å². The van der Waals surface area contributed by atoms with Gasteiger partial charge in [0.1, 0.15) is 11.9 Å². The molecule has 2 N–H and O–H groups in total. The molecule has 0 bridgehead atoms. The molecule has 3 rings (SSSR count). The average molecular weight is 466 g/mol. The van der Waals surface area contributed by atoms with Crippen LogP contribution in [-0.2, 0) is 24.3 Å². The fourth-order valence-electron chi connectivity index (χ4n) is 2.48. The number of fused-ring (bicyclic) bond motifs is 1. The van der Waals surface area contributed by atoms with Gasteiger partial charge in [-0.3, -0.25) is 14.5 Å². The first-order valence-corrected chi connectivity index (χ1v) is 10.5. The normalized spacial score (nSPS) is 16.7. The summed E-state index contributed by atoms with van der Waals surface area (Å²) in [4.78, 5) is 28.3. The van der Waals surface area contributed by atoms with Crippen molar-refractivity contribution in [2.24, 2.45) is 4.99 Å². The number of nitrogens with zero attached hydrogens (tertiary/aromatic N) is 1. The zero-order chi connectivity index (χ0) is 20.3. The van der Waals surface area contributed by atoms with E-state index in [9.17, 15) is 18.0 Å². The van der Waals surface area contributed by atoms with E-state index < -0.39 is 34.5 Å². The number of carbonyl (C=O) groups excluding carboxylic acids is 2. The maximum Gasteiger partial charge on any atom is 0.331 e. The van der Waals surface area contributed by atoms with Crippen LogP contribution in [-0.4, -0.2) is 38.8 Å². The van der Waals surface area contributed by atoms with Crippen molar-refractivity contribution in [2.45, 2.75) is 17.9 Å². The molecule has 2 aromatic rings. The number of nitrogens with one attached hydrogen (secondary N) is 2. The quantitative estimate of drug-likeness (QED) is 0.655. The number of esters is 1. The summed E-state index contributed by atoms with van der Waals surface area (Å²) < 4.78 is 32.1. The van der Waals surface area contributed by atoms with E-state index >= 15 is 0 Å². The monoisotopic (exact) mass is 465 g/mol. The second-order valence-electron chi connectivity index (χ2n) is 5.89. The molecule has 8 nitrogen and oxygen atoms in total. The highest BCUT2D eigenvalue weighted by molar-refractivity contribution is 9.10. The summed E-state index contributed by atoms with van der Waals surface area (Å²) >= 11 is 3.30. The van der Waals surface area contributed by atoms with E-state index in [-0.39, 0.29) is 10.7 Å². The van der Waals surface area contributed by atoms with Crippen molar-refractivity contribution in [1.29, 1.82) is 0 Å². The number of para-hydroxylation sites is 1. The molecule has 1 atom stereocenters. The van der Waals surface area contributed by atoms with E-state index in [4.69, 9.17) is 4.74 Å². The number of carbonyl (C=O) groups is 2. The fourth-order valence-corrected chi connectivity index (χ4v) is 4.11. The number of sulfonamides is 1. The zero-order valence-electron chi connectivity index (χ0n) is 14.7. The molecule has 28 heavy (non-hydrogen) atoms. The summed E-state index contributed by atoms with van der Waals surface area (Å²) in [6.45, 7) is 0.966. The molecule has 0 radical (unpaired) electrons. The van der Waals surface area contributed by atoms with Crippen molar-refractivity contribution in [3.63, 3.8) is 0 Å². The highest BCUT2D eigenvalue weighted by Gasteiger charge is 2.31. The van der Waals surface area contributed by atoms with Gasteiger partial charge in [-0.15, -0.1) is 0 Å².